The van der Waals surface area contributed by atoms with Gasteiger partial charge in [0.1, 0.15) is 11.4 Å². The van der Waals surface area contributed by atoms with E-state index < -0.39 is 22.0 Å². The van der Waals surface area contributed by atoms with Crippen LogP contribution in [-0.4, -0.2) is 40.0 Å². The van der Waals surface area contributed by atoms with Gasteiger partial charge in [0.15, 0.2) is 5.13 Å². The first-order valence-corrected chi connectivity index (χ1v) is 16.3. The summed E-state index contributed by atoms with van der Waals surface area (Å²) >= 11 is 2.68. The molecule has 0 aliphatic heterocycles. The van der Waals surface area contributed by atoms with Gasteiger partial charge in [-0.2, -0.15) is 0 Å². The Morgan fingerprint density at radius 1 is 0.938 bits per heavy atom. The smallest absolute Gasteiger partial charge is 0.272 e. The SMILES string of the molecule is COc1cccc(-c2csc(NC(=O)C(C)Sc3ccc(NC(=O)/C(=C/c4ccc([N+](=O)[O-])cc4)NC(=O)c4ccccc4)cc3)n2)c1. The number of benzene rings is 4. The zero-order chi connectivity index (χ0) is 34.0. The molecule has 0 bridgehead atoms. The van der Waals surface area contributed by atoms with Crippen molar-refractivity contribution < 1.29 is 24.0 Å². The molecule has 0 aliphatic rings. The van der Waals surface area contributed by atoms with Crippen molar-refractivity contribution in [3.63, 3.8) is 0 Å². The molecule has 0 saturated heterocycles. The number of nitrogens with zero attached hydrogens (tertiary/aromatic N) is 2. The summed E-state index contributed by atoms with van der Waals surface area (Å²) in [4.78, 5) is 55.0. The number of carbonyl (C=O) groups is 3. The lowest BCUT2D eigenvalue weighted by molar-refractivity contribution is -0.384. The summed E-state index contributed by atoms with van der Waals surface area (Å²) in [5, 5.41) is 21.2. The summed E-state index contributed by atoms with van der Waals surface area (Å²) in [6.45, 7) is 1.79. The summed E-state index contributed by atoms with van der Waals surface area (Å²) in [5.41, 5.74) is 2.75. The second kappa shape index (κ2) is 15.7. The first kappa shape index (κ1) is 33.6. The fraction of sp³-hybridized carbons (Fsp3) is 0.0857. The summed E-state index contributed by atoms with van der Waals surface area (Å²) in [5.74, 6) is -0.579. The number of thiazole rings is 1. The van der Waals surface area contributed by atoms with Crippen LogP contribution in [0.5, 0.6) is 5.75 Å². The van der Waals surface area contributed by atoms with E-state index in [2.05, 4.69) is 20.9 Å². The van der Waals surface area contributed by atoms with Gasteiger partial charge in [0.2, 0.25) is 5.91 Å². The molecular weight excluding hydrogens is 651 g/mol. The molecule has 4 aromatic carbocycles. The Kier molecular flexibility index (Phi) is 11.0. The molecule has 242 valence electrons. The minimum Gasteiger partial charge on any atom is -0.497 e. The number of nitro groups is 1. The van der Waals surface area contributed by atoms with Crippen molar-refractivity contribution in [2.24, 2.45) is 0 Å². The fourth-order valence-electron chi connectivity index (χ4n) is 4.33. The molecular formula is C35H29N5O6S2. The van der Waals surface area contributed by atoms with Crippen LogP contribution < -0.4 is 20.7 Å². The summed E-state index contributed by atoms with van der Waals surface area (Å²) in [6.07, 6.45) is 1.44. The Labute approximate surface area is 284 Å². The van der Waals surface area contributed by atoms with Crippen molar-refractivity contribution in [1.29, 1.82) is 0 Å². The normalized spacial score (nSPS) is 11.7. The average molecular weight is 680 g/mol. The number of hydrogen-bond acceptors (Lipinski definition) is 9. The number of non-ortho nitro benzene ring substituents is 1. The van der Waals surface area contributed by atoms with Crippen LogP contribution in [0.15, 0.2) is 119 Å². The van der Waals surface area contributed by atoms with Crippen LogP contribution in [0.1, 0.15) is 22.8 Å². The van der Waals surface area contributed by atoms with Gasteiger partial charge in [-0.1, -0.05) is 30.3 Å². The number of methoxy groups -OCH3 is 1. The zero-order valence-corrected chi connectivity index (χ0v) is 27.3. The predicted molar refractivity (Wildman–Crippen MR) is 188 cm³/mol. The van der Waals surface area contributed by atoms with Crippen molar-refractivity contribution >= 4 is 63.4 Å². The Bertz CT molecular complexity index is 1960. The van der Waals surface area contributed by atoms with Crippen molar-refractivity contribution in [3.8, 4) is 17.0 Å². The van der Waals surface area contributed by atoms with E-state index in [0.29, 0.717) is 21.9 Å². The van der Waals surface area contributed by atoms with E-state index in [-0.39, 0.29) is 17.3 Å². The maximum atomic E-state index is 13.3. The van der Waals surface area contributed by atoms with Crippen LogP contribution in [0.25, 0.3) is 17.3 Å². The molecule has 1 aromatic heterocycles. The molecule has 0 saturated carbocycles. The number of thioether (sulfide) groups is 1. The third-order valence-electron chi connectivity index (χ3n) is 6.84. The molecule has 1 atom stereocenters. The Balaban J connectivity index is 1.22. The van der Waals surface area contributed by atoms with Crippen LogP contribution in [0, 0.1) is 10.1 Å². The lowest BCUT2D eigenvalue weighted by Crippen LogP contribution is -2.30. The first-order chi connectivity index (χ1) is 23.2. The molecule has 0 radical (unpaired) electrons. The minimum absolute atomic E-state index is 0.0572. The number of hydrogen-bond donors (Lipinski definition) is 3. The van der Waals surface area contributed by atoms with E-state index in [1.807, 2.05) is 29.6 Å². The monoisotopic (exact) mass is 679 g/mol. The maximum Gasteiger partial charge on any atom is 0.272 e. The lowest BCUT2D eigenvalue weighted by atomic mass is 10.1. The van der Waals surface area contributed by atoms with Crippen LogP contribution in [-0.2, 0) is 9.59 Å². The number of anilines is 2. The van der Waals surface area contributed by atoms with Gasteiger partial charge in [0.25, 0.3) is 17.5 Å². The lowest BCUT2D eigenvalue weighted by Gasteiger charge is -2.13. The van der Waals surface area contributed by atoms with Crippen LogP contribution in [0.2, 0.25) is 0 Å². The van der Waals surface area contributed by atoms with E-state index >= 15 is 0 Å². The maximum absolute atomic E-state index is 13.3. The molecule has 0 fully saturated rings. The van der Waals surface area contributed by atoms with Crippen LogP contribution in [0.3, 0.4) is 0 Å². The van der Waals surface area contributed by atoms with Crippen LogP contribution >= 0.6 is 23.1 Å². The second-order valence-electron chi connectivity index (χ2n) is 10.2. The van der Waals surface area contributed by atoms with Gasteiger partial charge in [-0.3, -0.25) is 24.5 Å². The molecule has 1 unspecified atom stereocenters. The van der Waals surface area contributed by atoms with Gasteiger partial charge >= 0.3 is 0 Å². The third-order valence-corrected chi connectivity index (χ3v) is 8.71. The molecule has 11 nitrogen and oxygen atoms in total. The van der Waals surface area contributed by atoms with E-state index in [1.165, 1.54) is 53.4 Å². The van der Waals surface area contributed by atoms with Crippen molar-refractivity contribution in [3.05, 3.63) is 135 Å². The van der Waals surface area contributed by atoms with Gasteiger partial charge in [0.05, 0.1) is 23.0 Å². The Morgan fingerprint density at radius 3 is 2.35 bits per heavy atom. The van der Waals surface area contributed by atoms with E-state index in [9.17, 15) is 24.5 Å². The topological polar surface area (TPSA) is 153 Å². The van der Waals surface area contributed by atoms with E-state index in [1.54, 1.807) is 68.6 Å². The first-order valence-electron chi connectivity index (χ1n) is 14.5. The predicted octanol–water partition coefficient (Wildman–Crippen LogP) is 7.26. The Morgan fingerprint density at radius 2 is 1.67 bits per heavy atom. The minimum atomic E-state index is -0.595. The van der Waals surface area contributed by atoms with Gasteiger partial charge in [0, 0.05) is 39.2 Å². The number of amides is 3. The number of nitro benzene ring substituents is 1. The summed E-state index contributed by atoms with van der Waals surface area (Å²) in [6, 6.07) is 28.5. The van der Waals surface area contributed by atoms with Crippen molar-refractivity contribution in [2.45, 2.75) is 17.1 Å². The average Bonchev–Trinajstić information content (AvgIpc) is 3.57. The van der Waals surface area contributed by atoms with E-state index in [0.717, 1.165) is 21.9 Å². The molecule has 5 rings (SSSR count). The highest BCUT2D eigenvalue weighted by atomic mass is 32.2. The van der Waals surface area contributed by atoms with Gasteiger partial charge in [-0.15, -0.1) is 23.1 Å². The standard InChI is InChI=1S/C35H29N5O6S2/c1-22(32(41)39-35-38-31(21-47-35)25-9-6-10-28(20-25)46-2)48-29-17-13-26(14-18-29)36-34(43)30(37-33(42)24-7-4-3-5-8-24)19-23-11-15-27(16-12-23)40(44)45/h3-22H,1-2H3,(H,36,43)(H,37,42)(H,38,39,41)/b30-19-. The third kappa shape index (κ3) is 8.93. The number of ether oxygens (including phenoxy) is 1. The number of carbonyl (C=O) groups excluding carboxylic acids is 3. The Hall–Kier alpha value is -5.79. The molecule has 48 heavy (non-hydrogen) atoms. The van der Waals surface area contributed by atoms with E-state index in [4.69, 9.17) is 4.74 Å². The van der Waals surface area contributed by atoms with Gasteiger partial charge in [-0.25, -0.2) is 4.98 Å². The summed E-state index contributed by atoms with van der Waals surface area (Å²) in [7, 11) is 1.60. The fourth-order valence-corrected chi connectivity index (χ4v) is 5.92. The van der Waals surface area contributed by atoms with Gasteiger partial charge < -0.3 is 20.7 Å². The zero-order valence-electron chi connectivity index (χ0n) is 25.7. The molecule has 13 heteroatoms. The van der Waals surface area contributed by atoms with Gasteiger partial charge in [-0.05, 0) is 79.2 Å². The molecule has 0 aliphatic carbocycles. The highest BCUT2D eigenvalue weighted by Crippen LogP contribution is 2.29. The van der Waals surface area contributed by atoms with Crippen molar-refractivity contribution in [2.75, 3.05) is 17.7 Å². The number of nitrogens with one attached hydrogen (secondary N) is 3. The van der Waals surface area contributed by atoms with Crippen LogP contribution in [0.4, 0.5) is 16.5 Å². The second-order valence-corrected chi connectivity index (χ2v) is 12.5. The molecule has 5 aromatic rings. The number of rotatable bonds is 12. The highest BCUT2D eigenvalue weighted by Gasteiger charge is 2.18. The molecule has 1 heterocycles. The molecule has 0 spiro atoms. The summed E-state index contributed by atoms with van der Waals surface area (Å²) < 4.78 is 5.28. The quantitative estimate of drug-likeness (QED) is 0.0539. The van der Waals surface area contributed by atoms with Crippen molar-refractivity contribution in [1.82, 2.24) is 10.3 Å². The largest absolute Gasteiger partial charge is 0.497 e. The molecule has 3 amide bonds. The highest BCUT2D eigenvalue weighted by molar-refractivity contribution is 8.00. The molecule has 3 N–H and O–H groups in total. The number of aromatic nitrogens is 1.